The summed E-state index contributed by atoms with van der Waals surface area (Å²) in [6.07, 6.45) is 7.00. The van der Waals surface area contributed by atoms with Crippen LogP contribution in [0.25, 0.3) is 0 Å². The smallest absolute Gasteiger partial charge is 0.0698 e. The summed E-state index contributed by atoms with van der Waals surface area (Å²) in [4.78, 5) is 0. The van der Waals surface area contributed by atoms with Crippen LogP contribution in [0.2, 0.25) is 0 Å². The van der Waals surface area contributed by atoms with Crippen LogP contribution >= 0.6 is 0 Å². The van der Waals surface area contributed by atoms with Crippen LogP contribution in [0.4, 0.5) is 0 Å². The van der Waals surface area contributed by atoms with Crippen LogP contribution in [0.5, 0.6) is 0 Å². The summed E-state index contributed by atoms with van der Waals surface area (Å²) in [5.74, 6) is 0. The Bertz CT molecular complexity index is 149. The van der Waals surface area contributed by atoms with Gasteiger partial charge in [0.1, 0.15) is 0 Å². The van der Waals surface area contributed by atoms with Crippen molar-refractivity contribution in [2.45, 2.75) is 38.2 Å². The summed E-state index contributed by atoms with van der Waals surface area (Å²) in [5.41, 5.74) is 0. The van der Waals surface area contributed by atoms with Gasteiger partial charge in [-0.1, -0.05) is 19.3 Å². The molecule has 0 spiro atoms. The van der Waals surface area contributed by atoms with E-state index in [1.54, 1.807) is 0 Å². The Hall–Kier alpha value is -0.160. The fourth-order valence-electron chi connectivity index (χ4n) is 1.97. The molecule has 2 N–H and O–H groups in total. The van der Waals surface area contributed by atoms with Crippen LogP contribution in [-0.4, -0.2) is 50.7 Å². The van der Waals surface area contributed by atoms with Gasteiger partial charge in [-0.05, 0) is 12.8 Å². The fraction of sp³-hybridized carbons (Fsp3) is 1.00. The molecule has 0 radical (unpaired) electrons. The standard InChI is InChI=1S/C12H25NO3/c14-8-11-15-9-6-13-7-10-16-12-4-2-1-3-5-12/h12-14H,1-11H2. The minimum Gasteiger partial charge on any atom is -0.394 e. The molecule has 1 rings (SSSR count). The second-order valence-electron chi connectivity index (χ2n) is 4.22. The predicted molar refractivity (Wildman–Crippen MR) is 63.6 cm³/mol. The average molecular weight is 231 g/mol. The highest BCUT2D eigenvalue weighted by Gasteiger charge is 2.12. The first-order valence-electron chi connectivity index (χ1n) is 6.44. The number of aliphatic hydroxyl groups is 1. The van der Waals surface area contributed by atoms with E-state index in [-0.39, 0.29) is 6.61 Å². The zero-order valence-corrected chi connectivity index (χ0v) is 10.1. The molecule has 0 atom stereocenters. The van der Waals surface area contributed by atoms with Crippen molar-refractivity contribution in [1.29, 1.82) is 0 Å². The van der Waals surface area contributed by atoms with Crippen LogP contribution < -0.4 is 5.32 Å². The Balaban J connectivity index is 1.77. The lowest BCUT2D eigenvalue weighted by Gasteiger charge is -2.22. The monoisotopic (exact) mass is 231 g/mol. The Morgan fingerprint density at radius 2 is 1.75 bits per heavy atom. The van der Waals surface area contributed by atoms with E-state index in [1.807, 2.05) is 0 Å². The second-order valence-corrected chi connectivity index (χ2v) is 4.22. The molecule has 0 aliphatic heterocycles. The first-order valence-corrected chi connectivity index (χ1v) is 6.44. The molecule has 0 amide bonds. The van der Waals surface area contributed by atoms with Crippen molar-refractivity contribution < 1.29 is 14.6 Å². The normalized spacial score (nSPS) is 17.8. The van der Waals surface area contributed by atoms with Gasteiger partial charge in [-0.2, -0.15) is 0 Å². The third-order valence-corrected chi connectivity index (χ3v) is 2.84. The second kappa shape index (κ2) is 10.0. The lowest BCUT2D eigenvalue weighted by Crippen LogP contribution is -2.27. The van der Waals surface area contributed by atoms with E-state index >= 15 is 0 Å². The maximum Gasteiger partial charge on any atom is 0.0698 e. The van der Waals surface area contributed by atoms with Gasteiger partial charge in [0.2, 0.25) is 0 Å². The highest BCUT2D eigenvalue weighted by molar-refractivity contribution is 4.65. The number of nitrogens with one attached hydrogen (secondary N) is 1. The molecule has 1 aliphatic carbocycles. The van der Waals surface area contributed by atoms with E-state index in [4.69, 9.17) is 14.6 Å². The minimum atomic E-state index is 0.102. The van der Waals surface area contributed by atoms with E-state index in [1.165, 1.54) is 32.1 Å². The van der Waals surface area contributed by atoms with Crippen molar-refractivity contribution in [3.8, 4) is 0 Å². The lowest BCUT2D eigenvalue weighted by molar-refractivity contribution is 0.0291. The third-order valence-electron chi connectivity index (χ3n) is 2.84. The van der Waals surface area contributed by atoms with E-state index < -0.39 is 0 Å². The number of aliphatic hydroxyl groups excluding tert-OH is 1. The Labute approximate surface area is 98.3 Å². The first kappa shape index (κ1) is 13.9. The molecule has 0 heterocycles. The number of hydrogen-bond acceptors (Lipinski definition) is 4. The molecule has 0 aromatic heterocycles. The zero-order chi connectivity index (χ0) is 11.5. The van der Waals surface area contributed by atoms with Crippen LogP contribution in [0.3, 0.4) is 0 Å². The fourth-order valence-corrected chi connectivity index (χ4v) is 1.97. The van der Waals surface area contributed by atoms with E-state index in [0.717, 1.165) is 19.7 Å². The highest BCUT2D eigenvalue weighted by atomic mass is 16.5. The molecule has 0 aromatic rings. The minimum absolute atomic E-state index is 0.102. The van der Waals surface area contributed by atoms with Crippen molar-refractivity contribution in [1.82, 2.24) is 5.32 Å². The third kappa shape index (κ3) is 7.17. The summed E-state index contributed by atoms with van der Waals surface area (Å²) in [6.45, 7) is 3.70. The Kier molecular flexibility index (Phi) is 8.71. The van der Waals surface area contributed by atoms with Crippen molar-refractivity contribution in [3.63, 3.8) is 0 Å². The van der Waals surface area contributed by atoms with Crippen molar-refractivity contribution >= 4 is 0 Å². The zero-order valence-electron chi connectivity index (χ0n) is 10.1. The molecule has 0 saturated heterocycles. The van der Waals surface area contributed by atoms with Gasteiger partial charge in [0.25, 0.3) is 0 Å². The molecule has 4 nitrogen and oxygen atoms in total. The van der Waals surface area contributed by atoms with Crippen LogP contribution in [-0.2, 0) is 9.47 Å². The quantitative estimate of drug-likeness (QED) is 0.580. The molecular formula is C12H25NO3. The van der Waals surface area contributed by atoms with Crippen LogP contribution in [0.15, 0.2) is 0 Å². The first-order chi connectivity index (χ1) is 7.93. The maximum absolute atomic E-state index is 8.49. The molecular weight excluding hydrogens is 206 g/mol. The van der Waals surface area contributed by atoms with Gasteiger partial charge in [0, 0.05) is 13.1 Å². The Morgan fingerprint density at radius 3 is 2.50 bits per heavy atom. The SMILES string of the molecule is OCCOCCNCCOC1CCCCC1. The Morgan fingerprint density at radius 1 is 1.00 bits per heavy atom. The van der Waals surface area contributed by atoms with E-state index in [0.29, 0.717) is 19.3 Å². The largest absolute Gasteiger partial charge is 0.394 e. The van der Waals surface area contributed by atoms with E-state index in [9.17, 15) is 0 Å². The number of ether oxygens (including phenoxy) is 2. The van der Waals surface area contributed by atoms with Gasteiger partial charge < -0.3 is 19.9 Å². The van der Waals surface area contributed by atoms with Gasteiger partial charge in [0.15, 0.2) is 0 Å². The predicted octanol–water partition coefficient (Wildman–Crippen LogP) is 0.934. The average Bonchev–Trinajstić information content (AvgIpc) is 2.34. The molecule has 96 valence electrons. The van der Waals surface area contributed by atoms with Crippen LogP contribution in [0.1, 0.15) is 32.1 Å². The molecule has 0 aromatic carbocycles. The van der Waals surface area contributed by atoms with E-state index in [2.05, 4.69) is 5.32 Å². The van der Waals surface area contributed by atoms with Gasteiger partial charge in [-0.25, -0.2) is 0 Å². The van der Waals surface area contributed by atoms with Gasteiger partial charge in [-0.3, -0.25) is 0 Å². The summed E-state index contributed by atoms with van der Waals surface area (Å²) in [6, 6.07) is 0. The lowest BCUT2D eigenvalue weighted by atomic mass is 9.98. The van der Waals surface area contributed by atoms with Crippen molar-refractivity contribution in [2.24, 2.45) is 0 Å². The van der Waals surface area contributed by atoms with Gasteiger partial charge >= 0.3 is 0 Å². The molecule has 1 saturated carbocycles. The number of rotatable bonds is 9. The van der Waals surface area contributed by atoms with Crippen molar-refractivity contribution in [3.05, 3.63) is 0 Å². The van der Waals surface area contributed by atoms with Crippen LogP contribution in [0, 0.1) is 0 Å². The topological polar surface area (TPSA) is 50.7 Å². The molecule has 0 unspecified atom stereocenters. The van der Waals surface area contributed by atoms with Gasteiger partial charge in [0.05, 0.1) is 32.5 Å². The van der Waals surface area contributed by atoms with Gasteiger partial charge in [-0.15, -0.1) is 0 Å². The molecule has 16 heavy (non-hydrogen) atoms. The highest BCUT2D eigenvalue weighted by Crippen LogP contribution is 2.19. The summed E-state index contributed by atoms with van der Waals surface area (Å²) in [7, 11) is 0. The molecule has 4 heteroatoms. The molecule has 1 fully saturated rings. The maximum atomic E-state index is 8.49. The summed E-state index contributed by atoms with van der Waals surface area (Å²) < 4.78 is 10.9. The van der Waals surface area contributed by atoms with Crippen molar-refractivity contribution in [2.75, 3.05) is 39.5 Å². The molecule has 1 aliphatic rings. The summed E-state index contributed by atoms with van der Waals surface area (Å²) in [5, 5.41) is 11.7. The molecule has 0 bridgehead atoms. The summed E-state index contributed by atoms with van der Waals surface area (Å²) >= 11 is 0. The number of hydrogen-bond donors (Lipinski definition) is 2.